The zero-order valence-electron chi connectivity index (χ0n) is 9.96. The first-order valence-corrected chi connectivity index (χ1v) is 5.42. The summed E-state index contributed by atoms with van der Waals surface area (Å²) >= 11 is 0. The Kier molecular flexibility index (Phi) is 5.07. The molecule has 0 aromatic heterocycles. The smallest absolute Gasteiger partial charge is 0.328 e. The summed E-state index contributed by atoms with van der Waals surface area (Å²) in [5.74, 6) is -1.83. The van der Waals surface area contributed by atoms with Crippen molar-refractivity contribution in [1.82, 2.24) is 5.32 Å². The molecule has 5 nitrogen and oxygen atoms in total. The largest absolute Gasteiger partial charge is 0.480 e. The van der Waals surface area contributed by atoms with Crippen LogP contribution in [-0.4, -0.2) is 34.7 Å². The molecule has 18 heavy (non-hydrogen) atoms. The quantitative estimate of drug-likeness (QED) is 0.666. The molecule has 96 valence electrons. The number of hydrogen-bond acceptors (Lipinski definition) is 3. The molecule has 1 atom stereocenters. The Bertz CT molecular complexity index is 451. The highest BCUT2D eigenvalue weighted by Gasteiger charge is 2.16. The van der Waals surface area contributed by atoms with Crippen molar-refractivity contribution < 1.29 is 19.8 Å². The predicted molar refractivity (Wildman–Crippen MR) is 66.9 cm³/mol. The zero-order valence-corrected chi connectivity index (χ0v) is 9.96. The number of nitrogens with one attached hydrogen (secondary N) is 1. The van der Waals surface area contributed by atoms with E-state index < -0.39 is 24.5 Å². The first-order chi connectivity index (χ1) is 8.52. The summed E-state index contributed by atoms with van der Waals surface area (Å²) in [5.41, 5.74) is 1.95. The maximum Gasteiger partial charge on any atom is 0.328 e. The molecule has 0 aliphatic rings. The Morgan fingerprint density at radius 3 is 2.44 bits per heavy atom. The summed E-state index contributed by atoms with van der Waals surface area (Å²) in [7, 11) is 0. The number of carboxylic acid groups (broad SMARTS) is 1. The number of aryl methyl sites for hydroxylation is 1. The van der Waals surface area contributed by atoms with Crippen LogP contribution in [-0.2, 0) is 9.59 Å². The van der Waals surface area contributed by atoms with Crippen LogP contribution in [0.3, 0.4) is 0 Å². The number of aliphatic hydroxyl groups is 1. The van der Waals surface area contributed by atoms with Crippen LogP contribution in [0.4, 0.5) is 0 Å². The Labute approximate surface area is 105 Å². The molecule has 1 rings (SSSR count). The lowest BCUT2D eigenvalue weighted by atomic mass is 10.1. The third kappa shape index (κ3) is 4.39. The van der Waals surface area contributed by atoms with E-state index in [0.717, 1.165) is 11.1 Å². The van der Waals surface area contributed by atoms with Gasteiger partial charge in [-0.25, -0.2) is 4.79 Å². The van der Waals surface area contributed by atoms with E-state index in [1.807, 2.05) is 31.2 Å². The molecule has 0 aliphatic heterocycles. The molecule has 5 heteroatoms. The molecule has 1 aromatic rings. The van der Waals surface area contributed by atoms with Crippen molar-refractivity contribution in [3.63, 3.8) is 0 Å². The molecular formula is C13H15NO4. The number of rotatable bonds is 5. The van der Waals surface area contributed by atoms with Crippen LogP contribution >= 0.6 is 0 Å². The average molecular weight is 249 g/mol. The van der Waals surface area contributed by atoms with Gasteiger partial charge in [0, 0.05) is 6.08 Å². The van der Waals surface area contributed by atoms with Crippen molar-refractivity contribution in [3.05, 3.63) is 41.5 Å². The third-order valence-electron chi connectivity index (χ3n) is 2.30. The van der Waals surface area contributed by atoms with Crippen molar-refractivity contribution >= 4 is 18.0 Å². The Balaban J connectivity index is 2.59. The molecule has 1 aromatic carbocycles. The van der Waals surface area contributed by atoms with E-state index in [-0.39, 0.29) is 0 Å². The molecule has 3 N–H and O–H groups in total. The Hall–Kier alpha value is -2.14. The van der Waals surface area contributed by atoms with Gasteiger partial charge in [-0.2, -0.15) is 0 Å². The molecule has 0 aliphatic carbocycles. The number of aliphatic hydroxyl groups excluding tert-OH is 1. The van der Waals surface area contributed by atoms with Crippen molar-refractivity contribution in [1.29, 1.82) is 0 Å². The molecule has 0 saturated heterocycles. The normalized spacial score (nSPS) is 12.3. The summed E-state index contributed by atoms with van der Waals surface area (Å²) in [4.78, 5) is 22.0. The topological polar surface area (TPSA) is 86.6 Å². The first-order valence-electron chi connectivity index (χ1n) is 5.42. The molecule has 0 spiro atoms. The van der Waals surface area contributed by atoms with Gasteiger partial charge >= 0.3 is 5.97 Å². The number of carbonyl (C=O) groups is 2. The van der Waals surface area contributed by atoms with Crippen LogP contribution in [0.1, 0.15) is 11.1 Å². The lowest BCUT2D eigenvalue weighted by Gasteiger charge is -2.09. The fourth-order valence-corrected chi connectivity index (χ4v) is 1.25. The van der Waals surface area contributed by atoms with Crippen LogP contribution < -0.4 is 5.32 Å². The molecule has 1 amide bonds. The van der Waals surface area contributed by atoms with Crippen LogP contribution in [0.2, 0.25) is 0 Å². The van der Waals surface area contributed by atoms with E-state index in [0.29, 0.717) is 0 Å². The highest BCUT2D eigenvalue weighted by Crippen LogP contribution is 2.04. The van der Waals surface area contributed by atoms with Gasteiger partial charge in [-0.05, 0) is 18.6 Å². The minimum atomic E-state index is -1.28. The van der Waals surface area contributed by atoms with Crippen LogP contribution in [0.15, 0.2) is 30.3 Å². The van der Waals surface area contributed by atoms with Gasteiger partial charge in [0.25, 0.3) is 0 Å². The zero-order chi connectivity index (χ0) is 13.5. The van der Waals surface area contributed by atoms with E-state index in [2.05, 4.69) is 5.32 Å². The van der Waals surface area contributed by atoms with Gasteiger partial charge in [-0.1, -0.05) is 29.8 Å². The minimum Gasteiger partial charge on any atom is -0.480 e. The lowest BCUT2D eigenvalue weighted by Crippen LogP contribution is -2.42. The van der Waals surface area contributed by atoms with Gasteiger partial charge in [-0.15, -0.1) is 0 Å². The van der Waals surface area contributed by atoms with Gasteiger partial charge < -0.3 is 15.5 Å². The molecule has 0 unspecified atom stereocenters. The number of aliphatic carboxylic acids is 1. The fraction of sp³-hybridized carbons (Fsp3) is 0.231. The van der Waals surface area contributed by atoms with Crippen LogP contribution in [0, 0.1) is 6.92 Å². The Morgan fingerprint density at radius 1 is 1.33 bits per heavy atom. The number of amides is 1. The SMILES string of the molecule is Cc1ccc(/C=C/C(=O)N[C@H](CO)C(=O)O)cc1. The van der Waals surface area contributed by atoms with Crippen molar-refractivity contribution in [2.45, 2.75) is 13.0 Å². The van der Waals surface area contributed by atoms with E-state index >= 15 is 0 Å². The maximum atomic E-state index is 11.4. The summed E-state index contributed by atoms with van der Waals surface area (Å²) in [6, 6.07) is 6.23. The van der Waals surface area contributed by atoms with Crippen LogP contribution in [0.5, 0.6) is 0 Å². The Morgan fingerprint density at radius 2 is 1.94 bits per heavy atom. The molecule has 0 fully saturated rings. The highest BCUT2D eigenvalue weighted by atomic mass is 16.4. The number of hydrogen-bond donors (Lipinski definition) is 3. The third-order valence-corrected chi connectivity index (χ3v) is 2.30. The van der Waals surface area contributed by atoms with Crippen molar-refractivity contribution in [2.24, 2.45) is 0 Å². The van der Waals surface area contributed by atoms with E-state index in [4.69, 9.17) is 10.2 Å². The second kappa shape index (κ2) is 6.56. The predicted octanol–water partition coefficient (Wildman–Crippen LogP) is 0.570. The summed E-state index contributed by atoms with van der Waals surface area (Å²) < 4.78 is 0. The van der Waals surface area contributed by atoms with Gasteiger partial charge in [0.15, 0.2) is 6.04 Å². The molecule has 0 heterocycles. The van der Waals surface area contributed by atoms with E-state index in [1.54, 1.807) is 6.08 Å². The monoisotopic (exact) mass is 249 g/mol. The van der Waals surface area contributed by atoms with Crippen LogP contribution in [0.25, 0.3) is 6.08 Å². The molecule has 0 saturated carbocycles. The maximum absolute atomic E-state index is 11.4. The first kappa shape index (κ1) is 13.9. The van der Waals surface area contributed by atoms with Gasteiger partial charge in [0.1, 0.15) is 0 Å². The average Bonchev–Trinajstić information content (AvgIpc) is 2.35. The lowest BCUT2D eigenvalue weighted by molar-refractivity contribution is -0.142. The van der Waals surface area contributed by atoms with E-state index in [1.165, 1.54) is 6.08 Å². The summed E-state index contributed by atoms with van der Waals surface area (Å²) in [5, 5.41) is 19.6. The van der Waals surface area contributed by atoms with Gasteiger partial charge in [0.2, 0.25) is 5.91 Å². The minimum absolute atomic E-state index is 0.558. The highest BCUT2D eigenvalue weighted by molar-refractivity contribution is 5.94. The number of carbonyl (C=O) groups excluding carboxylic acids is 1. The fourth-order valence-electron chi connectivity index (χ4n) is 1.25. The standard InChI is InChI=1S/C13H15NO4/c1-9-2-4-10(5-3-9)6-7-12(16)14-11(8-15)13(17)18/h2-7,11,15H,8H2,1H3,(H,14,16)(H,17,18)/b7-6+/t11-/m1/s1. The van der Waals surface area contributed by atoms with E-state index in [9.17, 15) is 9.59 Å². The second-order valence-corrected chi connectivity index (χ2v) is 3.83. The van der Waals surface area contributed by atoms with Gasteiger partial charge in [-0.3, -0.25) is 4.79 Å². The molecule has 0 bridgehead atoms. The number of benzene rings is 1. The number of carboxylic acids is 1. The summed E-state index contributed by atoms with van der Waals surface area (Å²) in [6.45, 7) is 1.32. The van der Waals surface area contributed by atoms with Crippen molar-refractivity contribution in [2.75, 3.05) is 6.61 Å². The molecule has 0 radical (unpaired) electrons. The molecular weight excluding hydrogens is 234 g/mol. The van der Waals surface area contributed by atoms with Gasteiger partial charge in [0.05, 0.1) is 6.61 Å². The summed E-state index contributed by atoms with van der Waals surface area (Å²) in [6.07, 6.45) is 2.81. The second-order valence-electron chi connectivity index (χ2n) is 3.83. The van der Waals surface area contributed by atoms with Crippen molar-refractivity contribution in [3.8, 4) is 0 Å².